The molecule has 1 aromatic carbocycles. The molecular formula is C26H38O2. The van der Waals surface area contributed by atoms with Crippen molar-refractivity contribution >= 4 is 0 Å². The first-order valence-electron chi connectivity index (χ1n) is 11.7. The lowest BCUT2D eigenvalue weighted by Gasteiger charge is -2.44. The molecule has 2 heteroatoms. The topological polar surface area (TPSA) is 18.5 Å². The van der Waals surface area contributed by atoms with E-state index in [0.717, 1.165) is 49.1 Å². The molecule has 0 amide bonds. The second kappa shape index (κ2) is 9.48. The molecule has 0 saturated heterocycles. The van der Waals surface area contributed by atoms with E-state index in [4.69, 9.17) is 9.47 Å². The number of fused-ring (bicyclic) bond motifs is 2. The minimum atomic E-state index is 0.487. The molecule has 3 aliphatic rings. The highest BCUT2D eigenvalue weighted by Crippen LogP contribution is 2.47. The number of hydrogen-bond acceptors (Lipinski definition) is 2. The molecule has 2 nitrogen and oxygen atoms in total. The summed E-state index contributed by atoms with van der Waals surface area (Å²) in [5.41, 5.74) is 3.13. The third-order valence-electron chi connectivity index (χ3n) is 7.64. The van der Waals surface area contributed by atoms with E-state index in [2.05, 4.69) is 31.7 Å². The lowest BCUT2D eigenvalue weighted by Crippen LogP contribution is -2.37. The standard InChI is InChI=1S/C26H38O2/c1-3-13-27-25-11-9-21-15-19(5-7-23(21)17-25)20-6-8-24-18-26(28-14-4-2)12-10-22(24)16-20/h3,10,12,18-21,23,25H,1,4-9,11,13-17H2,2H3. The Bertz CT molecular complexity index is 652. The SMILES string of the molecule is C=CCOC1CCC2CC(C3CCc4cc(OCCC)ccc4C3)CCC2C1. The molecule has 0 N–H and O–H groups in total. The van der Waals surface area contributed by atoms with Gasteiger partial charge in [0.15, 0.2) is 0 Å². The number of rotatable bonds is 7. The van der Waals surface area contributed by atoms with E-state index < -0.39 is 0 Å². The van der Waals surface area contributed by atoms with Crippen molar-refractivity contribution in [3.63, 3.8) is 0 Å². The molecule has 0 aliphatic heterocycles. The Hall–Kier alpha value is -1.28. The summed E-state index contributed by atoms with van der Waals surface area (Å²) in [5.74, 6) is 4.76. The molecule has 5 atom stereocenters. The predicted octanol–water partition coefficient (Wildman–Crippen LogP) is 6.37. The third-order valence-corrected chi connectivity index (χ3v) is 7.64. The van der Waals surface area contributed by atoms with E-state index in [1.54, 1.807) is 11.1 Å². The second-order valence-electron chi connectivity index (χ2n) is 9.43. The Labute approximate surface area is 171 Å². The summed E-state index contributed by atoms with van der Waals surface area (Å²) in [5, 5.41) is 0. The van der Waals surface area contributed by atoms with Crippen LogP contribution in [0.15, 0.2) is 30.9 Å². The maximum Gasteiger partial charge on any atom is 0.119 e. The summed E-state index contributed by atoms with van der Waals surface area (Å²) in [6.07, 6.45) is 15.6. The molecule has 0 spiro atoms. The van der Waals surface area contributed by atoms with Gasteiger partial charge in [-0.2, -0.15) is 0 Å². The average Bonchev–Trinajstić information content (AvgIpc) is 2.75. The molecule has 0 radical (unpaired) electrons. The molecule has 154 valence electrons. The molecule has 1 aromatic rings. The van der Waals surface area contributed by atoms with E-state index >= 15 is 0 Å². The molecule has 28 heavy (non-hydrogen) atoms. The Morgan fingerprint density at radius 1 is 0.964 bits per heavy atom. The Kier molecular flexibility index (Phi) is 6.77. The molecular weight excluding hydrogens is 344 g/mol. The van der Waals surface area contributed by atoms with Gasteiger partial charge in [-0.15, -0.1) is 6.58 Å². The summed E-state index contributed by atoms with van der Waals surface area (Å²) in [7, 11) is 0. The van der Waals surface area contributed by atoms with Gasteiger partial charge in [-0.05, 0) is 111 Å². The summed E-state index contributed by atoms with van der Waals surface area (Å²) in [4.78, 5) is 0. The van der Waals surface area contributed by atoms with Crippen LogP contribution in [0.4, 0.5) is 0 Å². The monoisotopic (exact) mass is 382 g/mol. The van der Waals surface area contributed by atoms with Gasteiger partial charge < -0.3 is 9.47 Å². The number of hydrogen-bond donors (Lipinski definition) is 0. The quantitative estimate of drug-likeness (QED) is 0.510. The van der Waals surface area contributed by atoms with Crippen LogP contribution in [-0.2, 0) is 17.6 Å². The van der Waals surface area contributed by atoms with Crippen LogP contribution >= 0.6 is 0 Å². The molecule has 0 heterocycles. The first kappa shape index (κ1) is 20.0. The van der Waals surface area contributed by atoms with Gasteiger partial charge in [-0.25, -0.2) is 0 Å². The normalized spacial score (nSPS) is 32.2. The van der Waals surface area contributed by atoms with Crippen molar-refractivity contribution in [1.82, 2.24) is 0 Å². The molecule has 0 aromatic heterocycles. The average molecular weight is 383 g/mol. The Morgan fingerprint density at radius 2 is 1.75 bits per heavy atom. The van der Waals surface area contributed by atoms with E-state index in [9.17, 15) is 0 Å². The maximum atomic E-state index is 5.97. The molecule has 0 bridgehead atoms. The van der Waals surface area contributed by atoms with Gasteiger partial charge >= 0.3 is 0 Å². The number of ether oxygens (including phenoxy) is 2. The fraction of sp³-hybridized carbons (Fsp3) is 0.692. The van der Waals surface area contributed by atoms with Crippen LogP contribution in [0, 0.1) is 23.7 Å². The van der Waals surface area contributed by atoms with Crippen molar-refractivity contribution in [2.24, 2.45) is 23.7 Å². The van der Waals surface area contributed by atoms with Gasteiger partial charge in [0.25, 0.3) is 0 Å². The molecule has 5 unspecified atom stereocenters. The second-order valence-corrected chi connectivity index (χ2v) is 9.43. The van der Waals surface area contributed by atoms with Gasteiger partial charge in [0.05, 0.1) is 19.3 Å². The van der Waals surface area contributed by atoms with Crippen LogP contribution < -0.4 is 4.74 Å². The van der Waals surface area contributed by atoms with Gasteiger partial charge in [0.1, 0.15) is 5.75 Å². The molecule has 2 fully saturated rings. The zero-order chi connectivity index (χ0) is 19.3. The zero-order valence-electron chi connectivity index (χ0n) is 17.7. The Balaban J connectivity index is 1.31. The number of aryl methyl sites for hydroxylation is 1. The van der Waals surface area contributed by atoms with Gasteiger partial charge in [-0.1, -0.05) is 19.1 Å². The zero-order valence-corrected chi connectivity index (χ0v) is 17.7. The summed E-state index contributed by atoms with van der Waals surface area (Å²) < 4.78 is 11.8. The lowest BCUT2D eigenvalue weighted by molar-refractivity contribution is -0.0137. The maximum absolute atomic E-state index is 5.97. The highest BCUT2D eigenvalue weighted by molar-refractivity contribution is 5.37. The Morgan fingerprint density at radius 3 is 2.57 bits per heavy atom. The molecule has 2 saturated carbocycles. The van der Waals surface area contributed by atoms with Crippen LogP contribution in [0.5, 0.6) is 5.75 Å². The van der Waals surface area contributed by atoms with Crippen molar-refractivity contribution < 1.29 is 9.47 Å². The van der Waals surface area contributed by atoms with Crippen LogP contribution in [0.2, 0.25) is 0 Å². The van der Waals surface area contributed by atoms with Crippen molar-refractivity contribution in [1.29, 1.82) is 0 Å². The first-order valence-corrected chi connectivity index (χ1v) is 11.7. The van der Waals surface area contributed by atoms with E-state index in [0.29, 0.717) is 6.10 Å². The first-order chi connectivity index (χ1) is 13.8. The van der Waals surface area contributed by atoms with E-state index in [1.165, 1.54) is 57.8 Å². The predicted molar refractivity (Wildman–Crippen MR) is 116 cm³/mol. The molecule has 3 aliphatic carbocycles. The van der Waals surface area contributed by atoms with Crippen LogP contribution in [0.25, 0.3) is 0 Å². The van der Waals surface area contributed by atoms with Crippen LogP contribution in [-0.4, -0.2) is 19.3 Å². The summed E-state index contributed by atoms with van der Waals surface area (Å²) in [6, 6.07) is 6.85. The fourth-order valence-corrected chi connectivity index (χ4v) is 6.14. The highest BCUT2D eigenvalue weighted by Gasteiger charge is 2.38. The van der Waals surface area contributed by atoms with Gasteiger partial charge in [-0.3, -0.25) is 0 Å². The largest absolute Gasteiger partial charge is 0.494 e. The van der Waals surface area contributed by atoms with Gasteiger partial charge in [0, 0.05) is 0 Å². The van der Waals surface area contributed by atoms with Crippen molar-refractivity contribution in [2.45, 2.75) is 77.2 Å². The van der Waals surface area contributed by atoms with Crippen molar-refractivity contribution in [3.05, 3.63) is 42.0 Å². The smallest absolute Gasteiger partial charge is 0.119 e. The van der Waals surface area contributed by atoms with E-state index in [-0.39, 0.29) is 0 Å². The summed E-state index contributed by atoms with van der Waals surface area (Å²) in [6.45, 7) is 7.50. The van der Waals surface area contributed by atoms with Crippen LogP contribution in [0.1, 0.15) is 69.4 Å². The van der Waals surface area contributed by atoms with Gasteiger partial charge in [0.2, 0.25) is 0 Å². The van der Waals surface area contributed by atoms with Crippen molar-refractivity contribution in [3.8, 4) is 5.75 Å². The fourth-order valence-electron chi connectivity index (χ4n) is 6.14. The highest BCUT2D eigenvalue weighted by atomic mass is 16.5. The molecule has 4 rings (SSSR count). The third kappa shape index (κ3) is 4.64. The van der Waals surface area contributed by atoms with Crippen LogP contribution in [0.3, 0.4) is 0 Å². The number of benzene rings is 1. The van der Waals surface area contributed by atoms with Crippen molar-refractivity contribution in [2.75, 3.05) is 13.2 Å². The summed E-state index contributed by atoms with van der Waals surface area (Å²) >= 11 is 0. The lowest BCUT2D eigenvalue weighted by atomic mass is 9.62. The minimum Gasteiger partial charge on any atom is -0.494 e. The van der Waals surface area contributed by atoms with E-state index in [1.807, 2.05) is 6.08 Å². The minimum absolute atomic E-state index is 0.487.